The first-order chi connectivity index (χ1) is 8.04. The molecule has 0 aliphatic rings. The molecule has 0 fully saturated rings. The number of hydrogen-bond donors (Lipinski definition) is 2. The Morgan fingerprint density at radius 2 is 2.29 bits per heavy atom. The van der Waals surface area contributed by atoms with E-state index in [9.17, 15) is 4.79 Å². The molecule has 1 rings (SSSR count). The number of thiocarbonyl (C=S) groups is 1. The van der Waals surface area contributed by atoms with E-state index in [1.165, 1.54) is 0 Å². The minimum atomic E-state index is -0.0516. The molecule has 0 saturated heterocycles. The van der Waals surface area contributed by atoms with E-state index in [1.54, 1.807) is 30.0 Å². The van der Waals surface area contributed by atoms with E-state index in [4.69, 9.17) is 29.6 Å². The molecular weight excluding hydrogens is 276 g/mol. The van der Waals surface area contributed by atoms with Crippen LogP contribution in [0.15, 0.2) is 18.2 Å². The molecule has 0 saturated carbocycles. The van der Waals surface area contributed by atoms with E-state index in [2.05, 4.69) is 5.32 Å². The van der Waals surface area contributed by atoms with Crippen LogP contribution in [-0.4, -0.2) is 22.9 Å². The van der Waals surface area contributed by atoms with E-state index in [-0.39, 0.29) is 10.9 Å². The molecule has 0 atom stereocenters. The lowest BCUT2D eigenvalue weighted by molar-refractivity contribution is -0.115. The van der Waals surface area contributed by atoms with Gasteiger partial charge in [-0.3, -0.25) is 4.79 Å². The fourth-order valence-corrected chi connectivity index (χ4v) is 1.92. The summed E-state index contributed by atoms with van der Waals surface area (Å²) >= 11 is 12.5. The summed E-state index contributed by atoms with van der Waals surface area (Å²) in [5.74, 6) is 0.735. The monoisotopic (exact) mass is 288 g/mol. The summed E-state index contributed by atoms with van der Waals surface area (Å²) in [5, 5.41) is 3.18. The van der Waals surface area contributed by atoms with Gasteiger partial charge in [-0.1, -0.05) is 23.8 Å². The van der Waals surface area contributed by atoms with Crippen molar-refractivity contribution >= 4 is 52.2 Å². The third kappa shape index (κ3) is 4.53. The van der Waals surface area contributed by atoms with Gasteiger partial charge in [0.1, 0.15) is 4.99 Å². The zero-order chi connectivity index (χ0) is 12.8. The first kappa shape index (κ1) is 14.3. The second-order valence-electron chi connectivity index (χ2n) is 3.35. The summed E-state index contributed by atoms with van der Waals surface area (Å²) in [6, 6.07) is 5.08. The second kappa shape index (κ2) is 6.83. The van der Waals surface area contributed by atoms with Crippen molar-refractivity contribution in [1.82, 2.24) is 0 Å². The number of nitrogens with one attached hydrogen (secondary N) is 1. The molecule has 1 aromatic rings. The van der Waals surface area contributed by atoms with Crippen LogP contribution in [0.1, 0.15) is 12.0 Å². The fraction of sp³-hybridized carbons (Fsp3) is 0.273. The zero-order valence-electron chi connectivity index (χ0n) is 9.33. The van der Waals surface area contributed by atoms with Crippen LogP contribution in [0.25, 0.3) is 0 Å². The quantitative estimate of drug-likeness (QED) is 0.818. The Balaban J connectivity index is 2.72. The van der Waals surface area contributed by atoms with Crippen LogP contribution < -0.4 is 11.1 Å². The van der Waals surface area contributed by atoms with Crippen molar-refractivity contribution in [2.24, 2.45) is 5.73 Å². The lowest BCUT2D eigenvalue weighted by atomic mass is 10.2. The van der Waals surface area contributed by atoms with E-state index < -0.39 is 0 Å². The van der Waals surface area contributed by atoms with Gasteiger partial charge in [0.2, 0.25) is 5.91 Å². The van der Waals surface area contributed by atoms with Crippen molar-refractivity contribution in [3.8, 4) is 0 Å². The molecule has 0 heterocycles. The molecule has 0 aliphatic carbocycles. The molecule has 1 amide bonds. The summed E-state index contributed by atoms with van der Waals surface area (Å²) in [7, 11) is 0. The van der Waals surface area contributed by atoms with Crippen LogP contribution in [0, 0.1) is 0 Å². The average Bonchev–Trinajstić information content (AvgIpc) is 2.28. The van der Waals surface area contributed by atoms with Crippen molar-refractivity contribution < 1.29 is 4.79 Å². The molecule has 3 nitrogen and oxygen atoms in total. The molecule has 92 valence electrons. The number of anilines is 1. The van der Waals surface area contributed by atoms with Gasteiger partial charge in [-0.15, -0.1) is 0 Å². The molecule has 0 spiro atoms. The number of amides is 1. The maximum absolute atomic E-state index is 11.5. The number of thioether (sulfide) groups is 1. The van der Waals surface area contributed by atoms with Crippen molar-refractivity contribution in [3.63, 3.8) is 0 Å². The van der Waals surface area contributed by atoms with Crippen molar-refractivity contribution in [2.75, 3.05) is 17.3 Å². The third-order valence-electron chi connectivity index (χ3n) is 2.06. The average molecular weight is 289 g/mol. The van der Waals surface area contributed by atoms with E-state index >= 15 is 0 Å². The zero-order valence-corrected chi connectivity index (χ0v) is 11.7. The fourth-order valence-electron chi connectivity index (χ4n) is 1.18. The highest BCUT2D eigenvalue weighted by atomic mass is 35.5. The summed E-state index contributed by atoms with van der Waals surface area (Å²) in [4.78, 5) is 11.8. The van der Waals surface area contributed by atoms with Crippen LogP contribution in [0.3, 0.4) is 0 Å². The van der Waals surface area contributed by atoms with E-state index in [0.717, 1.165) is 5.75 Å². The van der Waals surface area contributed by atoms with Gasteiger partial charge in [0.25, 0.3) is 0 Å². The second-order valence-corrected chi connectivity index (χ2v) is 5.18. The van der Waals surface area contributed by atoms with Gasteiger partial charge in [0.15, 0.2) is 0 Å². The largest absolute Gasteiger partial charge is 0.389 e. The minimum absolute atomic E-state index is 0.0516. The molecule has 0 radical (unpaired) electrons. The number of hydrogen-bond acceptors (Lipinski definition) is 3. The van der Waals surface area contributed by atoms with Crippen molar-refractivity contribution in [1.29, 1.82) is 0 Å². The normalized spacial score (nSPS) is 10.0. The van der Waals surface area contributed by atoms with Crippen LogP contribution in [-0.2, 0) is 4.79 Å². The molecule has 1 aromatic carbocycles. The summed E-state index contributed by atoms with van der Waals surface area (Å²) in [5.41, 5.74) is 6.75. The van der Waals surface area contributed by atoms with Crippen LogP contribution in [0.4, 0.5) is 5.69 Å². The molecule has 0 bridgehead atoms. The Morgan fingerprint density at radius 1 is 1.59 bits per heavy atom. The number of nitrogens with two attached hydrogens (primary N) is 1. The summed E-state index contributed by atoms with van der Waals surface area (Å²) in [6.45, 7) is 0. The Morgan fingerprint density at radius 3 is 2.82 bits per heavy atom. The van der Waals surface area contributed by atoms with Crippen LogP contribution in [0.2, 0.25) is 5.02 Å². The maximum atomic E-state index is 11.5. The highest BCUT2D eigenvalue weighted by molar-refractivity contribution is 7.98. The minimum Gasteiger partial charge on any atom is -0.389 e. The SMILES string of the molecule is CSCCC(=O)Nc1ccc(C(N)=S)cc1Cl. The third-order valence-corrected chi connectivity index (χ3v) is 3.22. The highest BCUT2D eigenvalue weighted by Gasteiger charge is 2.07. The molecule has 3 N–H and O–H groups in total. The molecule has 0 unspecified atom stereocenters. The van der Waals surface area contributed by atoms with Gasteiger partial charge in [-0.25, -0.2) is 0 Å². The molecule has 6 heteroatoms. The van der Waals surface area contributed by atoms with E-state index in [0.29, 0.717) is 22.7 Å². The number of carbonyl (C=O) groups excluding carboxylic acids is 1. The number of benzene rings is 1. The predicted octanol–water partition coefficient (Wildman–Crippen LogP) is 2.67. The molecular formula is C11H13ClN2OS2. The van der Waals surface area contributed by atoms with E-state index in [1.807, 2.05) is 6.26 Å². The van der Waals surface area contributed by atoms with Gasteiger partial charge in [-0.2, -0.15) is 11.8 Å². The predicted molar refractivity (Wildman–Crippen MR) is 79.0 cm³/mol. The first-order valence-corrected chi connectivity index (χ1v) is 7.10. The molecule has 17 heavy (non-hydrogen) atoms. The van der Waals surface area contributed by atoms with Gasteiger partial charge in [0, 0.05) is 17.7 Å². The smallest absolute Gasteiger partial charge is 0.225 e. The van der Waals surface area contributed by atoms with Crippen molar-refractivity contribution in [3.05, 3.63) is 28.8 Å². The molecule has 0 aliphatic heterocycles. The Kier molecular flexibility index (Phi) is 5.74. The van der Waals surface area contributed by atoms with Gasteiger partial charge >= 0.3 is 0 Å². The Bertz CT molecular complexity index is 437. The topological polar surface area (TPSA) is 55.1 Å². The van der Waals surface area contributed by atoms with Crippen LogP contribution >= 0.6 is 35.6 Å². The Labute approximate surface area is 115 Å². The number of carbonyl (C=O) groups is 1. The Hall–Kier alpha value is -0.780. The maximum Gasteiger partial charge on any atom is 0.225 e. The lowest BCUT2D eigenvalue weighted by Crippen LogP contribution is -2.13. The van der Waals surface area contributed by atoms with Crippen molar-refractivity contribution in [2.45, 2.75) is 6.42 Å². The standard InChI is InChI=1S/C11H13ClN2OS2/c1-17-5-4-10(15)14-9-3-2-7(11(13)16)6-8(9)12/h2-3,6H,4-5H2,1H3,(H2,13,16)(H,14,15). The highest BCUT2D eigenvalue weighted by Crippen LogP contribution is 2.23. The number of rotatable bonds is 5. The number of halogens is 1. The van der Waals surface area contributed by atoms with Gasteiger partial charge in [0.05, 0.1) is 10.7 Å². The van der Waals surface area contributed by atoms with Crippen LogP contribution in [0.5, 0.6) is 0 Å². The summed E-state index contributed by atoms with van der Waals surface area (Å²) in [6.07, 6.45) is 2.42. The lowest BCUT2D eigenvalue weighted by Gasteiger charge is -2.08. The van der Waals surface area contributed by atoms with Gasteiger partial charge < -0.3 is 11.1 Å². The first-order valence-electron chi connectivity index (χ1n) is 4.92. The molecule has 0 aromatic heterocycles. The summed E-state index contributed by atoms with van der Waals surface area (Å²) < 4.78 is 0. The van der Waals surface area contributed by atoms with Gasteiger partial charge in [-0.05, 0) is 24.5 Å².